The molecular formula is C20H31N7O3. The van der Waals surface area contributed by atoms with E-state index in [2.05, 4.69) is 36.1 Å². The molecule has 0 saturated carbocycles. The van der Waals surface area contributed by atoms with Gasteiger partial charge in [-0.05, 0) is 51.5 Å². The Morgan fingerprint density at radius 1 is 1.13 bits per heavy atom. The third-order valence-corrected chi connectivity index (χ3v) is 3.84. The van der Waals surface area contributed by atoms with Crippen molar-refractivity contribution in [3.8, 4) is 17.1 Å². The van der Waals surface area contributed by atoms with Crippen molar-refractivity contribution in [2.75, 3.05) is 27.2 Å². The first-order valence-electron chi connectivity index (χ1n) is 9.78. The first-order chi connectivity index (χ1) is 14.3. The number of benzene rings is 1. The maximum atomic E-state index is 11.6. The Labute approximate surface area is 176 Å². The lowest BCUT2D eigenvalue weighted by molar-refractivity contribution is 0.0527. The fourth-order valence-electron chi connectivity index (χ4n) is 2.43. The van der Waals surface area contributed by atoms with Crippen molar-refractivity contribution >= 4 is 12.1 Å². The Morgan fingerprint density at radius 2 is 1.83 bits per heavy atom. The van der Waals surface area contributed by atoms with E-state index in [1.807, 2.05) is 45.0 Å². The summed E-state index contributed by atoms with van der Waals surface area (Å²) in [5.74, 6) is 2.72. The number of ether oxygens (including phenoxy) is 2. The van der Waals surface area contributed by atoms with E-state index < -0.39 is 11.7 Å². The zero-order valence-corrected chi connectivity index (χ0v) is 18.2. The summed E-state index contributed by atoms with van der Waals surface area (Å²) in [6, 6.07) is 7.55. The Balaban J connectivity index is 1.70. The Kier molecular flexibility index (Phi) is 8.45. The van der Waals surface area contributed by atoms with E-state index in [0.29, 0.717) is 37.2 Å². The summed E-state index contributed by atoms with van der Waals surface area (Å²) in [4.78, 5) is 20.3. The number of nitrogens with one attached hydrogen (secondary N) is 4. The van der Waals surface area contributed by atoms with Crippen molar-refractivity contribution in [2.24, 2.45) is 4.99 Å². The Morgan fingerprint density at radius 3 is 2.47 bits per heavy atom. The van der Waals surface area contributed by atoms with Gasteiger partial charge in [-0.15, -0.1) is 0 Å². The molecule has 4 N–H and O–H groups in total. The van der Waals surface area contributed by atoms with Crippen LogP contribution in [0.2, 0.25) is 0 Å². The van der Waals surface area contributed by atoms with Gasteiger partial charge >= 0.3 is 6.09 Å². The summed E-state index contributed by atoms with van der Waals surface area (Å²) >= 11 is 0. The highest BCUT2D eigenvalue weighted by atomic mass is 16.6. The number of alkyl carbamates (subject to hydrolysis) is 1. The average molecular weight is 418 g/mol. The number of aromatic nitrogens is 3. The highest BCUT2D eigenvalue weighted by molar-refractivity contribution is 5.79. The molecule has 1 heterocycles. The van der Waals surface area contributed by atoms with Gasteiger partial charge in [0.2, 0.25) is 0 Å². The van der Waals surface area contributed by atoms with E-state index in [1.54, 1.807) is 14.2 Å². The second-order valence-corrected chi connectivity index (χ2v) is 7.47. The van der Waals surface area contributed by atoms with E-state index in [9.17, 15) is 4.79 Å². The minimum atomic E-state index is -0.498. The van der Waals surface area contributed by atoms with E-state index >= 15 is 0 Å². The van der Waals surface area contributed by atoms with Crippen LogP contribution in [0.1, 0.15) is 33.0 Å². The molecule has 1 amide bonds. The van der Waals surface area contributed by atoms with Crippen LogP contribution >= 0.6 is 0 Å². The zero-order chi connectivity index (χ0) is 22.0. The molecule has 164 valence electrons. The third kappa shape index (κ3) is 7.98. The van der Waals surface area contributed by atoms with Gasteiger partial charge < -0.3 is 25.4 Å². The molecule has 2 rings (SSSR count). The van der Waals surface area contributed by atoms with Crippen LogP contribution in [0.25, 0.3) is 11.4 Å². The smallest absolute Gasteiger partial charge is 0.407 e. The minimum absolute atomic E-state index is 0.414. The Hall–Kier alpha value is -3.30. The predicted molar refractivity (Wildman–Crippen MR) is 115 cm³/mol. The number of H-pyrrole nitrogens is 1. The number of aliphatic imine (C=N–C) groups is 1. The fraction of sp³-hybridized carbons (Fsp3) is 0.500. The van der Waals surface area contributed by atoms with Crippen LogP contribution in [0, 0.1) is 0 Å². The van der Waals surface area contributed by atoms with Crippen molar-refractivity contribution in [3.05, 3.63) is 30.1 Å². The van der Waals surface area contributed by atoms with Crippen molar-refractivity contribution in [1.82, 2.24) is 31.1 Å². The standard InChI is InChI=1S/C20H31N7O3/c1-20(2,3)30-19(28)23-12-6-11-22-18(21-4)24-13-16-25-17(27-26-16)14-7-9-15(29-5)10-8-14/h7-10H,6,11-13H2,1-5H3,(H,23,28)(H2,21,22,24)(H,25,26,27). The van der Waals surface area contributed by atoms with E-state index in [4.69, 9.17) is 9.47 Å². The van der Waals surface area contributed by atoms with Crippen molar-refractivity contribution in [3.63, 3.8) is 0 Å². The topological polar surface area (TPSA) is 126 Å². The number of hydrogen-bond acceptors (Lipinski definition) is 6. The number of rotatable bonds is 8. The number of aromatic amines is 1. The SMILES string of the molecule is CN=C(NCCCNC(=O)OC(C)(C)C)NCc1nc(-c2ccc(OC)cc2)n[nH]1. The molecule has 10 heteroatoms. The van der Waals surface area contributed by atoms with Gasteiger partial charge in [-0.1, -0.05) is 0 Å². The minimum Gasteiger partial charge on any atom is -0.497 e. The van der Waals surface area contributed by atoms with Crippen LogP contribution in [-0.2, 0) is 11.3 Å². The molecule has 1 aromatic carbocycles. The van der Waals surface area contributed by atoms with Crippen LogP contribution < -0.4 is 20.7 Å². The maximum Gasteiger partial charge on any atom is 0.407 e. The normalized spacial score (nSPS) is 11.7. The quantitative estimate of drug-likeness (QED) is 0.294. The predicted octanol–water partition coefficient (Wildman–Crippen LogP) is 2.06. The summed E-state index contributed by atoms with van der Waals surface area (Å²) in [7, 11) is 3.32. The third-order valence-electron chi connectivity index (χ3n) is 3.84. The summed E-state index contributed by atoms with van der Waals surface area (Å²) in [5, 5.41) is 16.2. The van der Waals surface area contributed by atoms with Gasteiger partial charge in [-0.3, -0.25) is 10.1 Å². The molecule has 0 saturated heterocycles. The average Bonchev–Trinajstić information content (AvgIpc) is 3.17. The molecule has 30 heavy (non-hydrogen) atoms. The highest BCUT2D eigenvalue weighted by Gasteiger charge is 2.15. The largest absolute Gasteiger partial charge is 0.497 e. The van der Waals surface area contributed by atoms with Gasteiger partial charge in [0.15, 0.2) is 11.8 Å². The number of methoxy groups -OCH3 is 1. The molecule has 2 aromatic rings. The zero-order valence-electron chi connectivity index (χ0n) is 18.2. The second kappa shape index (κ2) is 11.0. The number of nitrogens with zero attached hydrogens (tertiary/aromatic N) is 3. The lowest BCUT2D eigenvalue weighted by Gasteiger charge is -2.19. The second-order valence-electron chi connectivity index (χ2n) is 7.47. The van der Waals surface area contributed by atoms with Gasteiger partial charge in [0.05, 0.1) is 13.7 Å². The molecule has 1 aromatic heterocycles. The van der Waals surface area contributed by atoms with Crippen LogP contribution in [0.4, 0.5) is 4.79 Å². The first kappa shape index (κ1) is 23.0. The number of carbonyl (C=O) groups excluding carboxylic acids is 1. The summed E-state index contributed by atoms with van der Waals surface area (Å²) < 4.78 is 10.4. The highest BCUT2D eigenvalue weighted by Crippen LogP contribution is 2.18. The summed E-state index contributed by atoms with van der Waals surface area (Å²) in [6.45, 7) is 7.09. The lowest BCUT2D eigenvalue weighted by atomic mass is 10.2. The summed E-state index contributed by atoms with van der Waals surface area (Å²) in [5.41, 5.74) is 0.403. The van der Waals surface area contributed by atoms with E-state index in [1.165, 1.54) is 0 Å². The number of guanidine groups is 1. The molecule has 0 fully saturated rings. The molecular weight excluding hydrogens is 386 g/mol. The van der Waals surface area contributed by atoms with Gasteiger partial charge in [0.25, 0.3) is 0 Å². The molecule has 0 aliphatic carbocycles. The van der Waals surface area contributed by atoms with Crippen LogP contribution in [0.3, 0.4) is 0 Å². The van der Waals surface area contributed by atoms with Crippen molar-refractivity contribution in [2.45, 2.75) is 39.3 Å². The van der Waals surface area contributed by atoms with E-state index in [-0.39, 0.29) is 0 Å². The molecule has 0 spiro atoms. The van der Waals surface area contributed by atoms with Gasteiger partial charge in [-0.2, -0.15) is 5.10 Å². The van der Waals surface area contributed by atoms with Gasteiger partial charge in [0, 0.05) is 25.7 Å². The molecule has 0 aliphatic heterocycles. The molecule has 0 bridgehead atoms. The molecule has 0 aliphatic rings. The van der Waals surface area contributed by atoms with Crippen LogP contribution in [-0.4, -0.2) is 60.1 Å². The summed E-state index contributed by atoms with van der Waals surface area (Å²) in [6.07, 6.45) is 0.312. The van der Waals surface area contributed by atoms with Gasteiger partial charge in [0.1, 0.15) is 17.2 Å². The van der Waals surface area contributed by atoms with Crippen molar-refractivity contribution < 1.29 is 14.3 Å². The fourth-order valence-corrected chi connectivity index (χ4v) is 2.43. The maximum absolute atomic E-state index is 11.6. The molecule has 0 unspecified atom stereocenters. The monoisotopic (exact) mass is 417 g/mol. The number of amides is 1. The molecule has 0 radical (unpaired) electrons. The van der Waals surface area contributed by atoms with Gasteiger partial charge in [-0.25, -0.2) is 9.78 Å². The Bertz CT molecular complexity index is 826. The van der Waals surface area contributed by atoms with Crippen molar-refractivity contribution in [1.29, 1.82) is 0 Å². The van der Waals surface area contributed by atoms with Crippen LogP contribution in [0.15, 0.2) is 29.3 Å². The molecule has 0 atom stereocenters. The van der Waals surface area contributed by atoms with Crippen LogP contribution in [0.5, 0.6) is 5.75 Å². The van der Waals surface area contributed by atoms with E-state index in [0.717, 1.165) is 17.7 Å². The molecule has 10 nitrogen and oxygen atoms in total. The number of carbonyl (C=O) groups is 1. The first-order valence-corrected chi connectivity index (χ1v) is 9.78. The lowest BCUT2D eigenvalue weighted by Crippen LogP contribution is -2.39. The number of hydrogen-bond donors (Lipinski definition) is 4.